The topological polar surface area (TPSA) is 432 Å². The van der Waals surface area contributed by atoms with Gasteiger partial charge in [0.05, 0.1) is 47.8 Å². The van der Waals surface area contributed by atoms with Crippen molar-refractivity contribution in [2.45, 2.75) is 79.3 Å². The smallest absolute Gasteiger partial charge is 0.545 e. The van der Waals surface area contributed by atoms with E-state index in [0.717, 1.165) is 0 Å². The molecule has 0 N–H and O–H groups in total. The van der Waals surface area contributed by atoms with Crippen LogP contribution in [0.4, 0.5) is 0 Å². The number of carbonyl (C=O) groups excluding carboxylic acids is 8. The second-order valence-electron chi connectivity index (χ2n) is 30.8. The minimum atomic E-state index is -1.34. The number of benzene rings is 14. The largest absolute Gasteiger partial charge is 1.00 e. The average Bonchev–Trinajstić information content (AvgIpc) is 0.842. The predicted molar refractivity (Wildman–Crippen MR) is 475 cm³/mol. The third-order valence-electron chi connectivity index (χ3n) is 20.6. The number of carboxylic acids is 8. The van der Waals surface area contributed by atoms with Gasteiger partial charge in [-0.1, -0.05) is 218 Å². The average molecular weight is 2140 g/mol. The van der Waals surface area contributed by atoms with Gasteiger partial charge < -0.3 is 136 Å². The number of hydrogen-bond acceptors (Lipinski definition) is 28. The molecule has 0 aromatic heterocycles. The number of carboxylic acid groups (broad SMARTS) is 8. The molecule has 0 aliphatic carbocycles. The quantitative estimate of drug-likeness (QED) is 0.0252. The summed E-state index contributed by atoms with van der Waals surface area (Å²) < 4.78 is 76.9. The number of aromatic carboxylic acids is 8. The first kappa shape index (κ1) is 128. The van der Waals surface area contributed by atoms with Gasteiger partial charge in [-0.3, -0.25) is 0 Å². The number of hydrogen-bond donors (Lipinski definition) is 0. The van der Waals surface area contributed by atoms with E-state index < -0.39 is 47.8 Å². The second-order valence-corrected chi connectivity index (χ2v) is 30.8. The molecule has 0 unspecified atom stereocenters. The summed E-state index contributed by atoms with van der Waals surface area (Å²) in [5.74, 6) is -6.71. The van der Waals surface area contributed by atoms with Crippen LogP contribution in [0.3, 0.4) is 0 Å². The van der Waals surface area contributed by atoms with Crippen molar-refractivity contribution in [3.05, 3.63) is 438 Å². The molecule has 36 heteroatoms. The van der Waals surface area contributed by atoms with E-state index in [-0.39, 0.29) is 535 Å². The van der Waals surface area contributed by atoms with E-state index >= 15 is 0 Å². The summed E-state index contributed by atoms with van der Waals surface area (Å²) in [6.45, 7) is -0.268. The molecule has 14 aromatic carbocycles. The van der Waals surface area contributed by atoms with E-state index in [9.17, 15) is 79.2 Å². The first-order valence-corrected chi connectivity index (χ1v) is 42.0. The maximum absolute atomic E-state index is 11.6. The van der Waals surface area contributed by atoms with Crippen LogP contribution in [0.5, 0.6) is 69.0 Å². The Bertz CT molecular complexity index is 5630. The van der Waals surface area contributed by atoms with E-state index in [0.29, 0.717) is 147 Å². The molecule has 0 aliphatic heterocycles. The van der Waals surface area contributed by atoms with Crippen LogP contribution < -0.4 is 509 Å². The summed E-state index contributed by atoms with van der Waals surface area (Å²) in [6.07, 6.45) is 7.14. The molecule has 0 saturated heterocycles. The molecule has 14 aromatic rings. The van der Waals surface area contributed by atoms with E-state index in [1.807, 2.05) is 0 Å². The summed E-state index contributed by atoms with van der Waals surface area (Å²) in [5.41, 5.74) is 8.36. The van der Waals surface area contributed by atoms with Crippen molar-refractivity contribution in [3.8, 4) is 69.0 Å². The predicted octanol–water partition coefficient (Wildman–Crippen LogP) is -13.7. The van der Waals surface area contributed by atoms with Gasteiger partial charge in [0.25, 0.3) is 0 Å². The molecule has 14 rings (SSSR count). The molecule has 0 amide bonds. The summed E-state index contributed by atoms with van der Waals surface area (Å²) in [7, 11) is 0. The van der Waals surface area contributed by atoms with Crippen molar-refractivity contribution in [1.29, 1.82) is 0 Å². The molecule has 0 aliphatic rings. The number of allylic oxidation sites excluding steroid dienone is 2. The van der Waals surface area contributed by atoms with Crippen molar-refractivity contribution < 1.29 is 547 Å². The molecule has 0 saturated carbocycles. The van der Waals surface area contributed by atoms with E-state index in [2.05, 4.69) is 0 Å². The van der Waals surface area contributed by atoms with Crippen LogP contribution in [-0.4, -0.2) is 47.8 Å². The Morgan fingerprint density at radius 2 is 0.257 bits per heavy atom. The Kier molecular flexibility index (Phi) is 58.0. The maximum Gasteiger partial charge on any atom is 1.00 e. The fourth-order valence-electron chi connectivity index (χ4n) is 13.5. The van der Waals surface area contributed by atoms with Crippen LogP contribution in [0.15, 0.2) is 315 Å². The number of ether oxygens (including phenoxy) is 12. The van der Waals surface area contributed by atoms with Gasteiger partial charge in [0.1, 0.15) is 148 Å². The Balaban J connectivity index is 0.00000396. The summed E-state index contributed by atoms with van der Waals surface area (Å²) >= 11 is 0. The van der Waals surface area contributed by atoms with Crippen LogP contribution in [0.2, 0.25) is 0 Å². The fourth-order valence-corrected chi connectivity index (χ4v) is 13.5. The van der Waals surface area contributed by atoms with Crippen molar-refractivity contribution in [2.24, 2.45) is 0 Å². The normalized spacial score (nSPS) is 10.4. The third kappa shape index (κ3) is 41.9. The monoisotopic (exact) mass is 2130 g/mol. The van der Waals surface area contributed by atoms with Gasteiger partial charge in [0, 0.05) is 36.4 Å². The molecular formula is C108H78K8O28. The summed E-state index contributed by atoms with van der Waals surface area (Å²) in [5, 5.41) is 92.8. The first-order valence-electron chi connectivity index (χ1n) is 42.0. The van der Waals surface area contributed by atoms with Gasteiger partial charge in [-0.05, 0) is 195 Å². The van der Waals surface area contributed by atoms with Gasteiger partial charge >= 0.3 is 411 Å². The van der Waals surface area contributed by atoms with Gasteiger partial charge in [0.15, 0.2) is 0 Å². The summed E-state index contributed by atoms with van der Waals surface area (Å²) in [4.78, 5) is 92.8. The SMILES string of the molecule is O=C([O-])c1ccc(COc2cc(COc3cc(/C=C/C=C/c4cc(OCc5cc(OCc6ccc(C(=O)[O-])cc6)cc(OCc6ccc(C(=O)[O-])cc6)c5)cc(OCc5cc(OCc6ccc(C(=O)[O-])cc6)cc(OCc6ccc(C(=O)[O-])cc6)c5)c4)cc(OCc4cc(OCc5ccc(C(=O)[O-])cc5)cc(OCc5ccc(C(=O)[O-])cc5)c4)c3)cc(OCc3ccc(C(=O)[O-])cc3)c2)cc1.[K+].[K+].[K+].[K+].[K+].[K+].[K+].[K+]. The Morgan fingerprint density at radius 3 is 0.368 bits per heavy atom. The first-order chi connectivity index (χ1) is 65.8. The molecule has 0 spiro atoms. The van der Waals surface area contributed by atoms with Crippen molar-refractivity contribution >= 4 is 59.9 Å². The zero-order chi connectivity index (χ0) is 95.4. The molecule has 0 fully saturated rings. The zero-order valence-corrected chi connectivity index (χ0v) is 105. The van der Waals surface area contributed by atoms with Gasteiger partial charge in [-0.25, -0.2) is 0 Å². The second kappa shape index (κ2) is 65.4. The molecule has 0 radical (unpaired) electrons. The maximum atomic E-state index is 11.6. The number of rotatable bonds is 47. The van der Waals surface area contributed by atoms with Crippen molar-refractivity contribution in [3.63, 3.8) is 0 Å². The van der Waals surface area contributed by atoms with Crippen molar-refractivity contribution in [1.82, 2.24) is 0 Å². The van der Waals surface area contributed by atoms with Crippen molar-refractivity contribution in [2.75, 3.05) is 0 Å². The minimum Gasteiger partial charge on any atom is -0.545 e. The van der Waals surface area contributed by atoms with Gasteiger partial charge in [-0.2, -0.15) is 0 Å². The van der Waals surface area contributed by atoms with Crippen LogP contribution in [0.25, 0.3) is 12.2 Å². The molecular weight excluding hydrogens is 2060 g/mol. The molecule has 0 atom stereocenters. The molecule has 0 bridgehead atoms. The molecule has 686 valence electrons. The molecule has 144 heavy (non-hydrogen) atoms. The van der Waals surface area contributed by atoms with E-state index in [4.69, 9.17) is 56.8 Å². The Hall–Kier alpha value is -4.99. The molecule has 28 nitrogen and oxygen atoms in total. The molecule has 0 heterocycles. The third-order valence-corrected chi connectivity index (χ3v) is 20.6. The Labute approximate surface area is 1170 Å². The van der Waals surface area contributed by atoms with E-state index in [1.54, 1.807) is 231 Å². The van der Waals surface area contributed by atoms with Crippen LogP contribution >= 0.6 is 0 Å². The van der Waals surface area contributed by atoms with Gasteiger partial charge in [0.2, 0.25) is 0 Å². The summed E-state index contributed by atoms with van der Waals surface area (Å²) in [6, 6.07) is 79.0. The van der Waals surface area contributed by atoms with Crippen LogP contribution in [0, 0.1) is 0 Å². The standard InChI is InChI=1S/C108H86O28.8K/c109-101(110)81-21-5-67(6-22-81)55-125-93-41-77(42-94(51-93)126-56-68-7-23-82(24-8-68)102(111)112)63-133-89-37-75(38-90(49-89)134-64-78-43-95(127-57-69-9-25-83(26-10-69)103(113)114)52-96(44-78)128-58-70-11-27-84(28-12-70)104(115)116)3-1-2-4-76-39-91(135-65-79-45-97(129-59-71-13-29-85(30-14-71)105(117)118)53-98(46-79)130-60-72-15-31-86(32-16-72)106(119)120)50-92(40-76)136-66-80-47-99(131-61-73-17-33-87(34-18-73)107(121)122)54-100(48-80)132-62-74-19-35-88(36-20-74)108(123)124;;;;;;;;/h1-54H,55-66H2,(H,109,110)(H,111,112)(H,113,114)(H,115,116)(H,117,118)(H,119,120)(H,121,122)(H,123,124);;;;;;;;/q;8*+1/p-8/b3-1+,4-2+;;;;;;;;. The Morgan fingerprint density at radius 1 is 0.153 bits per heavy atom. The van der Waals surface area contributed by atoms with Crippen LogP contribution in [-0.2, 0) is 79.3 Å². The fraction of sp³-hybridized carbons (Fsp3) is 0.111. The van der Waals surface area contributed by atoms with E-state index in [1.165, 1.54) is 97.1 Å². The number of carbonyl (C=O) groups is 8. The zero-order valence-electron chi connectivity index (χ0n) is 80.1. The van der Waals surface area contributed by atoms with Gasteiger partial charge in [-0.15, -0.1) is 0 Å². The minimum absolute atomic E-state index is 0. The van der Waals surface area contributed by atoms with Crippen LogP contribution in [0.1, 0.15) is 161 Å².